The standard InChI is InChI=1S/C16H25NO/c1-6-7-10-13-12(2)9-8-11-14(13)17-15(18)16(3,4)5/h8-9,11H,6-7,10H2,1-5H3,(H,17,18). The molecule has 0 atom stereocenters. The van der Waals surface area contributed by atoms with Crippen LogP contribution in [0.5, 0.6) is 0 Å². The minimum atomic E-state index is -0.355. The highest BCUT2D eigenvalue weighted by Crippen LogP contribution is 2.24. The minimum absolute atomic E-state index is 0.0749. The Kier molecular flexibility index (Phi) is 4.94. The number of aryl methyl sites for hydroxylation is 1. The van der Waals surface area contributed by atoms with Gasteiger partial charge in [0.15, 0.2) is 0 Å². The third kappa shape index (κ3) is 3.86. The fraction of sp³-hybridized carbons (Fsp3) is 0.562. The first kappa shape index (κ1) is 14.7. The number of carbonyl (C=O) groups is 1. The molecule has 2 nitrogen and oxygen atoms in total. The van der Waals surface area contributed by atoms with Gasteiger partial charge in [0.1, 0.15) is 0 Å². The molecule has 0 aliphatic heterocycles. The van der Waals surface area contributed by atoms with E-state index in [0.717, 1.165) is 18.5 Å². The molecule has 2 heteroatoms. The smallest absolute Gasteiger partial charge is 0.229 e. The molecule has 0 saturated carbocycles. The van der Waals surface area contributed by atoms with Crippen LogP contribution < -0.4 is 5.32 Å². The molecule has 1 amide bonds. The van der Waals surface area contributed by atoms with E-state index in [1.54, 1.807) is 0 Å². The van der Waals surface area contributed by atoms with Gasteiger partial charge in [-0.05, 0) is 37.0 Å². The third-order valence-corrected chi connectivity index (χ3v) is 3.12. The van der Waals surface area contributed by atoms with Crippen LogP contribution in [-0.4, -0.2) is 5.91 Å². The first-order chi connectivity index (χ1) is 8.36. The van der Waals surface area contributed by atoms with E-state index in [4.69, 9.17) is 0 Å². The van der Waals surface area contributed by atoms with Gasteiger partial charge in [0.2, 0.25) is 5.91 Å². The Hall–Kier alpha value is -1.31. The van der Waals surface area contributed by atoms with Crippen LogP contribution in [0.25, 0.3) is 0 Å². The SMILES string of the molecule is CCCCc1c(C)cccc1NC(=O)C(C)(C)C. The zero-order valence-electron chi connectivity index (χ0n) is 12.3. The van der Waals surface area contributed by atoms with E-state index in [2.05, 4.69) is 25.2 Å². The molecular formula is C16H25NO. The average Bonchev–Trinajstić information content (AvgIpc) is 2.27. The van der Waals surface area contributed by atoms with E-state index >= 15 is 0 Å². The van der Waals surface area contributed by atoms with Gasteiger partial charge in [0.25, 0.3) is 0 Å². The van der Waals surface area contributed by atoms with Gasteiger partial charge in [-0.1, -0.05) is 46.2 Å². The Bertz CT molecular complexity index is 416. The van der Waals surface area contributed by atoms with Crippen LogP contribution in [0.2, 0.25) is 0 Å². The summed E-state index contributed by atoms with van der Waals surface area (Å²) in [5.41, 5.74) is 3.15. The molecule has 0 radical (unpaired) electrons. The fourth-order valence-corrected chi connectivity index (χ4v) is 1.81. The average molecular weight is 247 g/mol. The van der Waals surface area contributed by atoms with E-state index in [1.807, 2.05) is 32.9 Å². The van der Waals surface area contributed by atoms with E-state index < -0.39 is 0 Å². The highest BCUT2D eigenvalue weighted by Gasteiger charge is 2.22. The summed E-state index contributed by atoms with van der Waals surface area (Å²) in [4.78, 5) is 12.1. The second-order valence-corrected chi connectivity index (χ2v) is 5.91. The summed E-state index contributed by atoms with van der Waals surface area (Å²) in [6.45, 7) is 10.1. The van der Waals surface area contributed by atoms with Crippen LogP contribution in [0, 0.1) is 12.3 Å². The molecule has 0 heterocycles. The van der Waals surface area contributed by atoms with Gasteiger partial charge in [-0.3, -0.25) is 4.79 Å². The number of anilines is 1. The quantitative estimate of drug-likeness (QED) is 0.843. The molecule has 1 rings (SSSR count). The van der Waals surface area contributed by atoms with Gasteiger partial charge in [-0.15, -0.1) is 0 Å². The predicted molar refractivity (Wildman–Crippen MR) is 77.9 cm³/mol. The lowest BCUT2D eigenvalue weighted by Gasteiger charge is -2.20. The molecule has 1 N–H and O–H groups in total. The molecular weight excluding hydrogens is 222 g/mol. The van der Waals surface area contributed by atoms with Gasteiger partial charge in [-0.2, -0.15) is 0 Å². The predicted octanol–water partition coefficient (Wildman–Crippen LogP) is 4.32. The normalized spacial score (nSPS) is 11.4. The van der Waals surface area contributed by atoms with Crippen molar-refractivity contribution in [3.8, 4) is 0 Å². The maximum Gasteiger partial charge on any atom is 0.229 e. The molecule has 1 aromatic carbocycles. The molecule has 100 valence electrons. The zero-order chi connectivity index (χ0) is 13.8. The number of rotatable bonds is 4. The molecule has 0 bridgehead atoms. The van der Waals surface area contributed by atoms with Crippen LogP contribution in [-0.2, 0) is 11.2 Å². The van der Waals surface area contributed by atoms with Crippen molar-refractivity contribution in [2.75, 3.05) is 5.32 Å². The van der Waals surface area contributed by atoms with Crippen molar-refractivity contribution in [1.29, 1.82) is 0 Å². The number of hydrogen-bond donors (Lipinski definition) is 1. The number of benzene rings is 1. The van der Waals surface area contributed by atoms with E-state index in [1.165, 1.54) is 17.5 Å². The summed E-state index contributed by atoms with van der Waals surface area (Å²) in [7, 11) is 0. The lowest BCUT2D eigenvalue weighted by atomic mass is 9.94. The lowest BCUT2D eigenvalue weighted by molar-refractivity contribution is -0.123. The molecule has 0 fully saturated rings. The summed E-state index contributed by atoms with van der Waals surface area (Å²) in [5, 5.41) is 3.06. The Morgan fingerprint density at radius 2 is 1.94 bits per heavy atom. The van der Waals surface area contributed by atoms with Gasteiger partial charge >= 0.3 is 0 Å². The van der Waals surface area contributed by atoms with Gasteiger partial charge in [0, 0.05) is 11.1 Å². The molecule has 0 aromatic heterocycles. The maximum atomic E-state index is 12.1. The summed E-state index contributed by atoms with van der Waals surface area (Å²) in [6.07, 6.45) is 3.35. The van der Waals surface area contributed by atoms with Crippen molar-refractivity contribution in [2.45, 2.75) is 53.9 Å². The Morgan fingerprint density at radius 3 is 2.50 bits per heavy atom. The Labute approximate surface area is 111 Å². The number of nitrogens with one attached hydrogen (secondary N) is 1. The Balaban J connectivity index is 2.94. The first-order valence-corrected chi connectivity index (χ1v) is 6.76. The Morgan fingerprint density at radius 1 is 1.28 bits per heavy atom. The summed E-state index contributed by atoms with van der Waals surface area (Å²) in [6, 6.07) is 6.11. The second kappa shape index (κ2) is 6.03. The van der Waals surface area contributed by atoms with Crippen LogP contribution in [0.3, 0.4) is 0 Å². The zero-order valence-corrected chi connectivity index (χ0v) is 12.3. The lowest BCUT2D eigenvalue weighted by Crippen LogP contribution is -2.28. The van der Waals surface area contributed by atoms with E-state index in [9.17, 15) is 4.79 Å². The summed E-state index contributed by atoms with van der Waals surface area (Å²) < 4.78 is 0. The van der Waals surface area contributed by atoms with Crippen molar-refractivity contribution in [1.82, 2.24) is 0 Å². The minimum Gasteiger partial charge on any atom is -0.325 e. The number of carbonyl (C=O) groups excluding carboxylic acids is 1. The largest absolute Gasteiger partial charge is 0.325 e. The first-order valence-electron chi connectivity index (χ1n) is 6.76. The molecule has 1 aromatic rings. The summed E-state index contributed by atoms with van der Waals surface area (Å²) in [5.74, 6) is 0.0749. The number of amides is 1. The fourth-order valence-electron chi connectivity index (χ4n) is 1.81. The monoisotopic (exact) mass is 247 g/mol. The van der Waals surface area contributed by atoms with Crippen LogP contribution in [0.4, 0.5) is 5.69 Å². The molecule has 0 aliphatic carbocycles. The van der Waals surface area contributed by atoms with Crippen molar-refractivity contribution in [3.05, 3.63) is 29.3 Å². The van der Waals surface area contributed by atoms with Gasteiger partial charge < -0.3 is 5.32 Å². The van der Waals surface area contributed by atoms with Gasteiger partial charge in [-0.25, -0.2) is 0 Å². The number of unbranched alkanes of at least 4 members (excludes halogenated alkanes) is 1. The maximum absolute atomic E-state index is 12.1. The molecule has 18 heavy (non-hydrogen) atoms. The molecule has 0 spiro atoms. The van der Waals surface area contributed by atoms with Crippen molar-refractivity contribution in [2.24, 2.45) is 5.41 Å². The van der Waals surface area contributed by atoms with E-state index in [0.29, 0.717) is 0 Å². The van der Waals surface area contributed by atoms with Crippen molar-refractivity contribution >= 4 is 11.6 Å². The number of hydrogen-bond acceptors (Lipinski definition) is 1. The molecule has 0 unspecified atom stereocenters. The molecule has 0 aliphatic rings. The van der Waals surface area contributed by atoms with Crippen LogP contribution >= 0.6 is 0 Å². The van der Waals surface area contributed by atoms with E-state index in [-0.39, 0.29) is 11.3 Å². The van der Waals surface area contributed by atoms with Crippen molar-refractivity contribution in [3.63, 3.8) is 0 Å². The van der Waals surface area contributed by atoms with Crippen LogP contribution in [0.1, 0.15) is 51.7 Å². The van der Waals surface area contributed by atoms with Gasteiger partial charge in [0.05, 0.1) is 0 Å². The van der Waals surface area contributed by atoms with Crippen LogP contribution in [0.15, 0.2) is 18.2 Å². The second-order valence-electron chi connectivity index (χ2n) is 5.91. The third-order valence-electron chi connectivity index (χ3n) is 3.12. The molecule has 0 saturated heterocycles. The topological polar surface area (TPSA) is 29.1 Å². The highest BCUT2D eigenvalue weighted by atomic mass is 16.2. The van der Waals surface area contributed by atoms with Crippen molar-refractivity contribution < 1.29 is 4.79 Å². The summed E-state index contributed by atoms with van der Waals surface area (Å²) >= 11 is 0. The highest BCUT2D eigenvalue weighted by molar-refractivity contribution is 5.95.